The fourth-order valence-electron chi connectivity index (χ4n) is 6.50. The number of anilines is 6. The fraction of sp³-hybridized carbons (Fsp3) is 0.171. The minimum absolute atomic E-state index is 0. The Kier molecular flexibility index (Phi) is 8.99. The van der Waals surface area contributed by atoms with Gasteiger partial charge in [-0.2, -0.15) is 12.1 Å². The molecule has 0 bridgehead atoms. The maximum absolute atomic E-state index is 4.22. The number of hydrogen-bond donors (Lipinski definition) is 0. The monoisotopic (exact) mass is 778 g/mol. The summed E-state index contributed by atoms with van der Waals surface area (Å²) in [7, 11) is 2.18. The van der Waals surface area contributed by atoms with E-state index in [9.17, 15) is 0 Å². The Hall–Kier alpha value is -4.44. The molecule has 0 spiro atoms. The van der Waals surface area contributed by atoms with E-state index >= 15 is 0 Å². The zero-order valence-electron chi connectivity index (χ0n) is 26.8. The van der Waals surface area contributed by atoms with Gasteiger partial charge in [-0.25, -0.2) is 0 Å². The molecule has 0 atom stereocenters. The van der Waals surface area contributed by atoms with Gasteiger partial charge in [-0.05, 0) is 59.6 Å². The Morgan fingerprint density at radius 1 is 0.652 bits per heavy atom. The van der Waals surface area contributed by atoms with Crippen LogP contribution in [0.3, 0.4) is 0 Å². The molecule has 2 aliphatic rings. The zero-order valence-corrected chi connectivity index (χ0v) is 29.2. The fourth-order valence-corrected chi connectivity index (χ4v) is 6.50. The first-order chi connectivity index (χ1) is 21.9. The third-order valence-corrected chi connectivity index (χ3v) is 8.70. The molecule has 0 fully saturated rings. The van der Waals surface area contributed by atoms with Crippen molar-refractivity contribution < 1.29 is 20.1 Å². The van der Waals surface area contributed by atoms with Crippen molar-refractivity contribution in [1.29, 1.82) is 0 Å². The van der Waals surface area contributed by atoms with Crippen LogP contribution in [0.5, 0.6) is 0 Å². The summed E-state index contributed by atoms with van der Waals surface area (Å²) in [6, 6.07) is 44.6. The average Bonchev–Trinajstić information content (AvgIpc) is 3.47. The molecule has 0 N–H and O–H groups in total. The average molecular weight is 778 g/mol. The summed E-state index contributed by atoms with van der Waals surface area (Å²) in [6.07, 6.45) is 1.79. The van der Waals surface area contributed by atoms with Gasteiger partial charge < -0.3 is 19.7 Å². The summed E-state index contributed by atoms with van der Waals surface area (Å²) in [4.78, 5) is 11.3. The number of rotatable bonds is 4. The quantitative estimate of drug-likeness (QED) is 0.166. The number of fused-ring (bicyclic) bond motifs is 4. The van der Waals surface area contributed by atoms with Crippen LogP contribution >= 0.6 is 0 Å². The van der Waals surface area contributed by atoms with Gasteiger partial charge in [-0.3, -0.25) is 0 Å². The molecule has 230 valence electrons. The molecule has 5 heteroatoms. The summed E-state index contributed by atoms with van der Waals surface area (Å²) in [5.41, 5.74) is 12.1. The van der Waals surface area contributed by atoms with E-state index in [1.54, 1.807) is 6.20 Å². The third kappa shape index (κ3) is 5.48. The molecular weight excluding hydrogens is 741 g/mol. The van der Waals surface area contributed by atoms with Gasteiger partial charge in [0.05, 0.1) is 11.4 Å². The van der Waals surface area contributed by atoms with Gasteiger partial charge in [-0.1, -0.05) is 88.0 Å². The zero-order chi connectivity index (χ0) is 31.1. The Labute approximate surface area is 286 Å². The van der Waals surface area contributed by atoms with Crippen molar-refractivity contribution in [2.45, 2.75) is 39.5 Å². The molecule has 0 unspecified atom stereocenters. The first-order valence-corrected chi connectivity index (χ1v) is 15.7. The summed E-state index contributed by atoms with van der Waals surface area (Å²) >= 11 is 0. The first kappa shape index (κ1) is 31.5. The molecule has 0 radical (unpaired) electrons. The van der Waals surface area contributed by atoms with Crippen molar-refractivity contribution in [3.8, 4) is 11.3 Å². The van der Waals surface area contributed by atoms with E-state index in [0.29, 0.717) is 11.8 Å². The van der Waals surface area contributed by atoms with Crippen LogP contribution in [0.25, 0.3) is 22.0 Å². The third-order valence-electron chi connectivity index (χ3n) is 8.70. The topological polar surface area (TPSA) is 22.6 Å². The Morgan fingerprint density at radius 2 is 1.35 bits per heavy atom. The van der Waals surface area contributed by atoms with Crippen molar-refractivity contribution in [3.63, 3.8) is 0 Å². The van der Waals surface area contributed by atoms with Gasteiger partial charge in [0.1, 0.15) is 0 Å². The van der Waals surface area contributed by atoms with Crippen molar-refractivity contribution in [3.05, 3.63) is 145 Å². The molecule has 2 aliphatic heterocycles. The SMILES string of the molecule is CC(C)c1cccc(C(C)C)c1N1[CH-]N2c3[c-]cc4ccccc4c3N(C)c3cccc1c32.[Ir+3].[c-]1ccccc1-c1ccccn1. The van der Waals surface area contributed by atoms with Gasteiger partial charge >= 0.3 is 20.1 Å². The molecule has 8 rings (SSSR count). The van der Waals surface area contributed by atoms with Crippen molar-refractivity contribution >= 4 is 44.9 Å². The van der Waals surface area contributed by atoms with E-state index in [1.807, 2.05) is 42.5 Å². The largest absolute Gasteiger partial charge is 3.00 e. The second-order valence-electron chi connectivity index (χ2n) is 12.2. The van der Waals surface area contributed by atoms with E-state index in [-0.39, 0.29) is 20.1 Å². The predicted molar refractivity (Wildman–Crippen MR) is 189 cm³/mol. The predicted octanol–water partition coefficient (Wildman–Crippen LogP) is 10.9. The van der Waals surface area contributed by atoms with Gasteiger partial charge in [0.2, 0.25) is 0 Å². The van der Waals surface area contributed by atoms with E-state index in [2.05, 4.69) is 140 Å². The van der Waals surface area contributed by atoms with Crippen LogP contribution in [0.15, 0.2) is 115 Å². The summed E-state index contributed by atoms with van der Waals surface area (Å²) in [6.45, 7) is 11.4. The molecule has 1 aromatic heterocycles. The smallest absolute Gasteiger partial charge is 0.490 e. The Morgan fingerprint density at radius 3 is 2.04 bits per heavy atom. The van der Waals surface area contributed by atoms with Crippen LogP contribution in [0.4, 0.5) is 34.1 Å². The molecule has 5 aromatic carbocycles. The van der Waals surface area contributed by atoms with Crippen LogP contribution in [0, 0.1) is 18.8 Å². The summed E-state index contributed by atoms with van der Waals surface area (Å²) < 4.78 is 0. The van der Waals surface area contributed by atoms with Crippen molar-refractivity contribution in [2.75, 3.05) is 21.7 Å². The van der Waals surface area contributed by atoms with Gasteiger partial charge in [0, 0.05) is 17.6 Å². The number of nitrogens with zero attached hydrogens (tertiary/aromatic N) is 4. The molecule has 0 amide bonds. The molecule has 4 nitrogen and oxygen atoms in total. The maximum Gasteiger partial charge on any atom is 3.00 e. The van der Waals surface area contributed by atoms with Crippen LogP contribution < -0.4 is 14.7 Å². The van der Waals surface area contributed by atoms with Gasteiger partial charge in [0.25, 0.3) is 0 Å². The second-order valence-corrected chi connectivity index (χ2v) is 12.2. The Bertz CT molecular complexity index is 1910. The number of hydrogen-bond acceptors (Lipinski definition) is 4. The van der Waals surface area contributed by atoms with Crippen LogP contribution in [-0.2, 0) is 20.1 Å². The van der Waals surface area contributed by atoms with E-state index in [1.165, 1.54) is 50.3 Å². The number of pyridine rings is 1. The molecule has 0 saturated heterocycles. The Balaban J connectivity index is 0.000000241. The summed E-state index contributed by atoms with van der Waals surface area (Å²) in [5, 5.41) is 2.47. The van der Waals surface area contributed by atoms with Gasteiger partial charge in [-0.15, -0.1) is 59.4 Å². The molecule has 6 aromatic rings. The van der Waals surface area contributed by atoms with Crippen molar-refractivity contribution in [2.24, 2.45) is 0 Å². The van der Waals surface area contributed by atoms with Gasteiger partial charge in [0.15, 0.2) is 0 Å². The summed E-state index contributed by atoms with van der Waals surface area (Å²) in [5.74, 6) is 0.867. The number of benzene rings is 5. The minimum Gasteiger partial charge on any atom is -0.490 e. The van der Waals surface area contributed by atoms with Crippen LogP contribution in [0.2, 0.25) is 0 Å². The van der Waals surface area contributed by atoms with E-state index in [0.717, 1.165) is 16.9 Å². The molecule has 3 heterocycles. The normalized spacial score (nSPS) is 12.9. The number of aromatic nitrogens is 1. The first-order valence-electron chi connectivity index (χ1n) is 15.7. The van der Waals surface area contributed by atoms with E-state index in [4.69, 9.17) is 0 Å². The molecule has 46 heavy (non-hydrogen) atoms. The molecular formula is C41H37IrN4. The van der Waals surface area contributed by atoms with E-state index < -0.39 is 0 Å². The standard InChI is InChI=1S/C30H29N3.C11H8N.Ir/c1-19(2)22-12-8-13-23(20(3)4)28(22)32-18-33-27-17-16-21-10-6-7-11-24(21)29(27)31(5)25-14-9-15-26(32)30(25)33;1-2-6-10(7-3-1)11-8-4-5-9-12-11;/h6-16,18-20H,1-5H3;1-6,8-9H;/q-2;-1;+3. The second kappa shape index (κ2) is 13.1. The maximum atomic E-state index is 4.22. The van der Waals surface area contributed by atoms with Crippen molar-refractivity contribution in [1.82, 2.24) is 4.98 Å². The minimum atomic E-state index is 0. The molecule has 0 saturated carbocycles. The van der Waals surface area contributed by atoms with Crippen LogP contribution in [0.1, 0.15) is 50.7 Å². The van der Waals surface area contributed by atoms with Crippen LogP contribution in [-0.4, -0.2) is 12.0 Å². The molecule has 0 aliphatic carbocycles. The number of para-hydroxylation sites is 2.